The summed E-state index contributed by atoms with van der Waals surface area (Å²) in [6.07, 6.45) is 0. The van der Waals surface area contributed by atoms with E-state index in [-0.39, 0.29) is 5.02 Å². The van der Waals surface area contributed by atoms with Crippen molar-refractivity contribution in [1.82, 2.24) is 4.72 Å². The Bertz CT molecular complexity index is 842. The zero-order valence-corrected chi connectivity index (χ0v) is 14.9. The van der Waals surface area contributed by atoms with E-state index in [1.54, 1.807) is 25.1 Å². The molecule has 1 atom stereocenters. The quantitative estimate of drug-likeness (QED) is 0.841. The van der Waals surface area contributed by atoms with E-state index >= 15 is 0 Å². The molecule has 2 aromatic rings. The fraction of sp³-hybridized carbons (Fsp3) is 0.250. The van der Waals surface area contributed by atoms with Crippen molar-refractivity contribution < 1.29 is 22.3 Å². The van der Waals surface area contributed by atoms with Crippen LogP contribution in [0.3, 0.4) is 0 Å². The Kier molecular flexibility index (Phi) is 5.69. The van der Waals surface area contributed by atoms with Crippen molar-refractivity contribution >= 4 is 21.6 Å². The molecule has 0 saturated carbocycles. The molecule has 0 heterocycles. The van der Waals surface area contributed by atoms with Crippen LogP contribution >= 0.6 is 11.6 Å². The molecule has 0 aliphatic rings. The highest BCUT2D eigenvalue weighted by atomic mass is 35.5. The summed E-state index contributed by atoms with van der Waals surface area (Å²) < 4.78 is 51.6. The van der Waals surface area contributed by atoms with Crippen LogP contribution < -0.4 is 14.2 Å². The highest BCUT2D eigenvalue weighted by molar-refractivity contribution is 7.89. The highest BCUT2D eigenvalue weighted by Gasteiger charge is 2.24. The van der Waals surface area contributed by atoms with Gasteiger partial charge in [0.2, 0.25) is 10.0 Å². The third-order valence-electron chi connectivity index (χ3n) is 3.42. The Labute approximate surface area is 145 Å². The minimum Gasteiger partial charge on any atom is -0.497 e. The third-order valence-corrected chi connectivity index (χ3v) is 5.23. The fourth-order valence-corrected chi connectivity index (χ4v) is 3.67. The first-order valence-corrected chi connectivity index (χ1v) is 8.84. The number of sulfonamides is 1. The fourth-order valence-electron chi connectivity index (χ4n) is 2.23. The summed E-state index contributed by atoms with van der Waals surface area (Å²) >= 11 is 5.66. The molecule has 0 aromatic heterocycles. The lowest BCUT2D eigenvalue weighted by Crippen LogP contribution is -2.28. The maximum Gasteiger partial charge on any atom is 0.244 e. The van der Waals surface area contributed by atoms with Gasteiger partial charge >= 0.3 is 0 Å². The van der Waals surface area contributed by atoms with Gasteiger partial charge in [-0.25, -0.2) is 17.5 Å². The lowest BCUT2D eigenvalue weighted by Gasteiger charge is -2.18. The summed E-state index contributed by atoms with van der Waals surface area (Å²) in [6, 6.07) is 7.74. The van der Waals surface area contributed by atoms with E-state index in [4.69, 9.17) is 21.1 Å². The Morgan fingerprint density at radius 1 is 1.12 bits per heavy atom. The van der Waals surface area contributed by atoms with E-state index in [2.05, 4.69) is 4.72 Å². The molecule has 0 aliphatic heterocycles. The predicted molar refractivity (Wildman–Crippen MR) is 89.7 cm³/mol. The molecule has 8 heteroatoms. The smallest absolute Gasteiger partial charge is 0.244 e. The average molecular weight is 374 g/mol. The lowest BCUT2D eigenvalue weighted by molar-refractivity contribution is 0.395. The van der Waals surface area contributed by atoms with Crippen LogP contribution in [-0.4, -0.2) is 22.6 Å². The molecule has 0 unspecified atom stereocenters. The number of methoxy groups -OCH3 is 2. The van der Waals surface area contributed by atoms with Crippen LogP contribution in [0.4, 0.5) is 4.39 Å². The molecule has 1 N–H and O–H groups in total. The van der Waals surface area contributed by atoms with E-state index in [0.29, 0.717) is 17.1 Å². The minimum atomic E-state index is -4.08. The molecule has 24 heavy (non-hydrogen) atoms. The van der Waals surface area contributed by atoms with Crippen molar-refractivity contribution in [2.24, 2.45) is 0 Å². The molecule has 0 spiro atoms. The number of halogens is 2. The Morgan fingerprint density at radius 2 is 1.83 bits per heavy atom. The van der Waals surface area contributed by atoms with E-state index in [0.717, 1.165) is 12.1 Å². The minimum absolute atomic E-state index is 0.119. The molecule has 5 nitrogen and oxygen atoms in total. The lowest BCUT2D eigenvalue weighted by atomic mass is 10.1. The third kappa shape index (κ3) is 3.98. The van der Waals surface area contributed by atoms with Gasteiger partial charge in [-0.3, -0.25) is 0 Å². The second kappa shape index (κ2) is 7.38. The predicted octanol–water partition coefficient (Wildman–Crippen LogP) is 3.54. The van der Waals surface area contributed by atoms with Gasteiger partial charge in [0, 0.05) is 16.6 Å². The number of rotatable bonds is 6. The van der Waals surface area contributed by atoms with Gasteiger partial charge in [0.15, 0.2) is 0 Å². The molecule has 0 aliphatic carbocycles. The van der Waals surface area contributed by atoms with Crippen molar-refractivity contribution in [2.45, 2.75) is 17.9 Å². The number of hydrogen-bond acceptors (Lipinski definition) is 4. The first-order chi connectivity index (χ1) is 11.3. The van der Waals surface area contributed by atoms with Crippen LogP contribution in [0, 0.1) is 5.82 Å². The van der Waals surface area contributed by atoms with Crippen LogP contribution in [0.2, 0.25) is 5.02 Å². The molecule has 0 radical (unpaired) electrons. The monoisotopic (exact) mass is 373 g/mol. The molecule has 0 amide bonds. The molecular weight excluding hydrogens is 357 g/mol. The van der Waals surface area contributed by atoms with Gasteiger partial charge in [0.25, 0.3) is 0 Å². The normalized spacial score (nSPS) is 12.7. The first-order valence-electron chi connectivity index (χ1n) is 6.98. The van der Waals surface area contributed by atoms with Crippen LogP contribution in [0.1, 0.15) is 18.5 Å². The van der Waals surface area contributed by atoms with Crippen molar-refractivity contribution in [3.63, 3.8) is 0 Å². The summed E-state index contributed by atoms with van der Waals surface area (Å²) in [5.41, 5.74) is 0.565. The second-order valence-corrected chi connectivity index (χ2v) is 7.14. The number of ether oxygens (including phenoxy) is 2. The Morgan fingerprint density at radius 3 is 2.42 bits per heavy atom. The van der Waals surface area contributed by atoms with E-state index in [9.17, 15) is 12.8 Å². The standard InChI is InChI=1S/C16H17ClFNO4S/c1-10(13-9-12(22-2)5-6-15(13)23-3)19-24(20,21)16-7-4-11(17)8-14(16)18/h4-10,19H,1-3H3/t10-/m1/s1. The van der Waals surface area contributed by atoms with Gasteiger partial charge in [-0.05, 0) is 43.3 Å². The molecule has 2 rings (SSSR count). The van der Waals surface area contributed by atoms with E-state index in [1.807, 2.05) is 0 Å². The van der Waals surface area contributed by atoms with Crippen LogP contribution in [-0.2, 0) is 10.0 Å². The highest BCUT2D eigenvalue weighted by Crippen LogP contribution is 2.30. The van der Waals surface area contributed by atoms with Crippen molar-refractivity contribution in [3.8, 4) is 11.5 Å². The van der Waals surface area contributed by atoms with Crippen molar-refractivity contribution in [2.75, 3.05) is 14.2 Å². The van der Waals surface area contributed by atoms with E-state index in [1.165, 1.54) is 20.3 Å². The van der Waals surface area contributed by atoms with Crippen LogP contribution in [0.15, 0.2) is 41.3 Å². The van der Waals surface area contributed by atoms with Gasteiger partial charge in [-0.1, -0.05) is 11.6 Å². The van der Waals surface area contributed by atoms with Gasteiger partial charge in [0.05, 0.1) is 14.2 Å². The molecular formula is C16H17ClFNO4S. The first kappa shape index (κ1) is 18.5. The van der Waals surface area contributed by atoms with E-state index < -0.39 is 26.8 Å². The van der Waals surface area contributed by atoms with Crippen molar-refractivity contribution in [3.05, 3.63) is 52.8 Å². The molecule has 2 aromatic carbocycles. The molecule has 130 valence electrons. The summed E-state index contributed by atoms with van der Waals surface area (Å²) in [4.78, 5) is -0.472. The van der Waals surface area contributed by atoms with Gasteiger partial charge < -0.3 is 9.47 Å². The van der Waals surface area contributed by atoms with Crippen LogP contribution in [0.25, 0.3) is 0 Å². The zero-order chi connectivity index (χ0) is 17.9. The number of benzene rings is 2. The second-order valence-electron chi connectivity index (χ2n) is 5.03. The largest absolute Gasteiger partial charge is 0.497 e. The van der Waals surface area contributed by atoms with Gasteiger partial charge in [0.1, 0.15) is 22.2 Å². The summed E-state index contributed by atoms with van der Waals surface area (Å²) in [5, 5.41) is 0.119. The van der Waals surface area contributed by atoms with Crippen molar-refractivity contribution in [1.29, 1.82) is 0 Å². The number of nitrogens with one attached hydrogen (secondary N) is 1. The average Bonchev–Trinajstić information content (AvgIpc) is 2.53. The van der Waals surface area contributed by atoms with Gasteiger partial charge in [-0.15, -0.1) is 0 Å². The Balaban J connectivity index is 2.36. The maximum absolute atomic E-state index is 13.9. The zero-order valence-electron chi connectivity index (χ0n) is 13.3. The number of hydrogen-bond donors (Lipinski definition) is 1. The van der Waals surface area contributed by atoms with Crippen LogP contribution in [0.5, 0.6) is 11.5 Å². The summed E-state index contributed by atoms with van der Waals surface area (Å²) in [7, 11) is -1.10. The van der Waals surface area contributed by atoms with Gasteiger partial charge in [-0.2, -0.15) is 0 Å². The molecule has 0 bridgehead atoms. The summed E-state index contributed by atoms with van der Waals surface area (Å²) in [6.45, 7) is 1.63. The molecule has 0 saturated heterocycles. The topological polar surface area (TPSA) is 64.6 Å². The summed E-state index contributed by atoms with van der Waals surface area (Å²) in [5.74, 6) is 0.122. The SMILES string of the molecule is COc1ccc(OC)c([C@@H](C)NS(=O)(=O)c2ccc(Cl)cc2F)c1. The Hall–Kier alpha value is -1.83. The maximum atomic E-state index is 13.9. The molecule has 0 fully saturated rings.